The van der Waals surface area contributed by atoms with Gasteiger partial charge < -0.3 is 14.3 Å². The Labute approximate surface area is 235 Å². The number of oxime groups is 1. The third-order valence-corrected chi connectivity index (χ3v) is 9.34. The van der Waals surface area contributed by atoms with Gasteiger partial charge in [0.15, 0.2) is 5.78 Å². The molecule has 6 nitrogen and oxygen atoms in total. The minimum absolute atomic E-state index is 0.156. The third kappa shape index (κ3) is 4.86. The fourth-order valence-corrected chi connectivity index (χ4v) is 7.09. The highest BCUT2D eigenvalue weighted by Gasteiger charge is 2.57. The van der Waals surface area contributed by atoms with Gasteiger partial charge in [0.2, 0.25) is 0 Å². The summed E-state index contributed by atoms with van der Waals surface area (Å²) in [5.41, 5.74) is 5.65. The number of benzene rings is 3. The van der Waals surface area contributed by atoms with Crippen molar-refractivity contribution in [2.24, 2.45) is 22.4 Å². The second kappa shape index (κ2) is 10.8. The van der Waals surface area contributed by atoms with Gasteiger partial charge in [-0.15, -0.1) is 0 Å². The van der Waals surface area contributed by atoms with Crippen molar-refractivity contribution >= 4 is 11.5 Å². The van der Waals surface area contributed by atoms with Crippen LogP contribution >= 0.6 is 0 Å². The summed E-state index contributed by atoms with van der Waals surface area (Å²) in [6, 6.07) is 23.9. The second-order valence-electron chi connectivity index (χ2n) is 11.5. The van der Waals surface area contributed by atoms with Crippen LogP contribution in [0.3, 0.4) is 0 Å². The lowest BCUT2D eigenvalue weighted by Crippen LogP contribution is -2.42. The van der Waals surface area contributed by atoms with Gasteiger partial charge in [-0.25, -0.2) is 0 Å². The van der Waals surface area contributed by atoms with E-state index >= 15 is 0 Å². The fourth-order valence-electron chi connectivity index (χ4n) is 7.09. The quantitative estimate of drug-likeness (QED) is 0.313. The van der Waals surface area contributed by atoms with Gasteiger partial charge in [-0.05, 0) is 102 Å². The summed E-state index contributed by atoms with van der Waals surface area (Å²) in [6.07, 6.45) is 4.65. The Kier molecular flexibility index (Phi) is 7.06. The van der Waals surface area contributed by atoms with Crippen molar-refractivity contribution in [3.8, 4) is 17.6 Å². The van der Waals surface area contributed by atoms with Crippen LogP contribution in [0.5, 0.6) is 11.5 Å². The number of hydrogen-bond donors (Lipinski definition) is 0. The number of aryl methyl sites for hydroxylation is 1. The highest BCUT2D eigenvalue weighted by Crippen LogP contribution is 2.59. The molecule has 0 unspecified atom stereocenters. The van der Waals surface area contributed by atoms with E-state index in [0.29, 0.717) is 36.1 Å². The third-order valence-electron chi connectivity index (χ3n) is 9.34. The first-order valence-corrected chi connectivity index (χ1v) is 14.1. The summed E-state index contributed by atoms with van der Waals surface area (Å²) in [7, 11) is 1.67. The smallest absolute Gasteiger partial charge is 0.186 e. The first-order valence-electron chi connectivity index (χ1n) is 14.1. The van der Waals surface area contributed by atoms with Crippen LogP contribution < -0.4 is 9.47 Å². The minimum Gasteiger partial charge on any atom is -0.497 e. The zero-order chi connectivity index (χ0) is 27.7. The SMILES string of the molecule is COc1ccc(COc2ccc3c(c2)CC[C@@H]2[C@@H]3CC[C@]3(C)C(=O)/C(=N/OCc4ccc(C#N)cc4)C[C@@H]23)cc1. The van der Waals surface area contributed by atoms with Crippen LogP contribution in [-0.2, 0) is 29.3 Å². The molecule has 0 saturated heterocycles. The van der Waals surface area contributed by atoms with Gasteiger partial charge in [0.25, 0.3) is 0 Å². The molecule has 3 aliphatic rings. The van der Waals surface area contributed by atoms with Gasteiger partial charge in [0, 0.05) is 11.8 Å². The molecule has 6 heteroatoms. The number of hydrogen-bond acceptors (Lipinski definition) is 6. The van der Waals surface area contributed by atoms with Crippen molar-refractivity contribution < 1.29 is 19.1 Å². The van der Waals surface area contributed by atoms with Crippen LogP contribution in [0.15, 0.2) is 71.9 Å². The average molecular weight is 535 g/mol. The lowest BCUT2D eigenvalue weighted by molar-refractivity contribution is -0.125. The molecular weight excluding hydrogens is 500 g/mol. The molecule has 3 aliphatic carbocycles. The van der Waals surface area contributed by atoms with Crippen LogP contribution in [0.25, 0.3) is 0 Å². The van der Waals surface area contributed by atoms with E-state index in [-0.39, 0.29) is 23.7 Å². The van der Waals surface area contributed by atoms with Gasteiger partial charge in [-0.2, -0.15) is 5.26 Å². The number of ether oxygens (including phenoxy) is 2. The Bertz CT molecular complexity index is 1470. The molecule has 0 N–H and O–H groups in total. The van der Waals surface area contributed by atoms with Crippen LogP contribution in [0.1, 0.15) is 66.3 Å². The highest BCUT2D eigenvalue weighted by molar-refractivity contribution is 6.43. The maximum absolute atomic E-state index is 13.5. The Morgan fingerprint density at radius 1 is 0.975 bits per heavy atom. The molecule has 0 heterocycles. The van der Waals surface area contributed by atoms with E-state index in [4.69, 9.17) is 19.6 Å². The number of ketones is 1. The predicted molar refractivity (Wildman–Crippen MR) is 152 cm³/mol. The van der Waals surface area contributed by atoms with E-state index in [9.17, 15) is 4.79 Å². The van der Waals surface area contributed by atoms with Crippen molar-refractivity contribution in [1.82, 2.24) is 0 Å². The Morgan fingerprint density at radius 3 is 2.45 bits per heavy atom. The summed E-state index contributed by atoms with van der Waals surface area (Å²) < 4.78 is 11.4. The number of rotatable bonds is 7. The number of nitrogens with zero attached hydrogens (tertiary/aromatic N) is 2. The lowest BCUT2D eigenvalue weighted by atomic mass is 9.55. The zero-order valence-corrected chi connectivity index (χ0v) is 23.1. The maximum Gasteiger partial charge on any atom is 0.186 e. The summed E-state index contributed by atoms with van der Waals surface area (Å²) in [4.78, 5) is 19.1. The van der Waals surface area contributed by atoms with E-state index in [0.717, 1.165) is 48.3 Å². The van der Waals surface area contributed by atoms with E-state index < -0.39 is 0 Å². The van der Waals surface area contributed by atoms with Crippen LogP contribution in [-0.4, -0.2) is 18.6 Å². The topological polar surface area (TPSA) is 80.9 Å². The number of methoxy groups -OCH3 is 1. The molecule has 3 aromatic carbocycles. The van der Waals surface area contributed by atoms with Gasteiger partial charge in [-0.3, -0.25) is 4.79 Å². The molecular formula is C34H34N2O4. The molecule has 0 radical (unpaired) electrons. The first kappa shape index (κ1) is 26.1. The lowest BCUT2D eigenvalue weighted by Gasteiger charge is -2.47. The number of nitriles is 1. The largest absolute Gasteiger partial charge is 0.497 e. The van der Waals surface area contributed by atoms with Crippen molar-refractivity contribution in [2.75, 3.05) is 7.11 Å². The predicted octanol–water partition coefficient (Wildman–Crippen LogP) is 6.75. The molecule has 2 saturated carbocycles. The van der Waals surface area contributed by atoms with Crippen molar-refractivity contribution in [2.45, 2.75) is 58.2 Å². The van der Waals surface area contributed by atoms with Gasteiger partial charge >= 0.3 is 0 Å². The maximum atomic E-state index is 13.5. The number of carbonyl (C=O) groups excluding carboxylic acids is 1. The molecule has 6 rings (SSSR count). The molecule has 4 atom stereocenters. The molecule has 0 spiro atoms. The summed E-state index contributed by atoms with van der Waals surface area (Å²) in [5.74, 6) is 3.11. The molecule has 2 fully saturated rings. The van der Waals surface area contributed by atoms with E-state index in [2.05, 4.69) is 36.3 Å². The van der Waals surface area contributed by atoms with E-state index in [1.807, 2.05) is 36.4 Å². The number of carbonyl (C=O) groups is 1. The summed E-state index contributed by atoms with van der Waals surface area (Å²) in [6.45, 7) is 2.95. The van der Waals surface area contributed by atoms with Gasteiger partial charge in [0.05, 0.1) is 18.7 Å². The Hall–Kier alpha value is -4.11. The van der Waals surface area contributed by atoms with Crippen LogP contribution in [0.4, 0.5) is 0 Å². The van der Waals surface area contributed by atoms with E-state index in [1.165, 1.54) is 11.1 Å². The first-order chi connectivity index (χ1) is 19.5. The molecule has 0 amide bonds. The van der Waals surface area contributed by atoms with Crippen molar-refractivity contribution in [3.63, 3.8) is 0 Å². The normalized spacial score (nSPS) is 25.9. The molecule has 40 heavy (non-hydrogen) atoms. The number of fused-ring (bicyclic) bond motifs is 5. The van der Waals surface area contributed by atoms with Crippen LogP contribution in [0.2, 0.25) is 0 Å². The Balaban J connectivity index is 1.12. The molecule has 0 bridgehead atoms. The van der Waals surface area contributed by atoms with Gasteiger partial charge in [0.1, 0.15) is 30.4 Å². The molecule has 3 aromatic rings. The zero-order valence-electron chi connectivity index (χ0n) is 23.1. The molecule has 204 valence electrons. The number of Topliss-reactive ketones (excluding diaryl/α,β-unsaturated/α-hetero) is 1. The average Bonchev–Trinajstić information content (AvgIpc) is 3.26. The van der Waals surface area contributed by atoms with E-state index in [1.54, 1.807) is 19.2 Å². The van der Waals surface area contributed by atoms with Crippen LogP contribution in [0, 0.1) is 28.6 Å². The summed E-state index contributed by atoms with van der Waals surface area (Å²) in [5, 5.41) is 13.3. The standard InChI is InChI=1S/C34H34N2O4/c1-34-16-15-29-28-14-12-27(39-20-23-7-10-26(38-2)11-8-23)17-25(28)9-13-30(29)31(34)18-32(33(34)37)36-40-21-24-5-3-22(19-35)4-6-24/h3-8,10-12,14,17,29-31H,9,13,15-16,18,20-21H2,1-2H3/b36-32+/t29-,30-,31+,34+/m1/s1. The summed E-state index contributed by atoms with van der Waals surface area (Å²) >= 11 is 0. The highest BCUT2D eigenvalue weighted by atomic mass is 16.6. The fraction of sp³-hybridized carbons (Fsp3) is 0.382. The van der Waals surface area contributed by atoms with Gasteiger partial charge in [-0.1, -0.05) is 42.4 Å². The molecule has 0 aliphatic heterocycles. The van der Waals surface area contributed by atoms with Crippen molar-refractivity contribution in [3.05, 3.63) is 94.5 Å². The molecule has 0 aromatic heterocycles. The Morgan fingerprint density at radius 2 is 1.70 bits per heavy atom. The monoisotopic (exact) mass is 534 g/mol. The minimum atomic E-state index is -0.364. The van der Waals surface area contributed by atoms with Crippen molar-refractivity contribution in [1.29, 1.82) is 5.26 Å². The second-order valence-corrected chi connectivity index (χ2v) is 11.5.